The van der Waals surface area contributed by atoms with E-state index < -0.39 is 15.6 Å². The number of hydrogen-bond donors (Lipinski definition) is 0. The highest BCUT2D eigenvalue weighted by Crippen LogP contribution is 2.26. The molecule has 1 saturated heterocycles. The summed E-state index contributed by atoms with van der Waals surface area (Å²) in [4.78, 5) is 14.3. The van der Waals surface area contributed by atoms with Crippen molar-refractivity contribution in [3.8, 4) is 5.75 Å². The Hall–Kier alpha value is -1.27. The third-order valence-corrected chi connectivity index (χ3v) is 6.12. The number of sulfone groups is 1. The van der Waals surface area contributed by atoms with Crippen LogP contribution in [-0.4, -0.2) is 44.2 Å². The average molecular weight is 374 g/mol. The van der Waals surface area contributed by atoms with Gasteiger partial charge in [-0.05, 0) is 51.3 Å². The van der Waals surface area contributed by atoms with Crippen molar-refractivity contribution in [3.63, 3.8) is 0 Å². The third-order valence-electron chi connectivity index (χ3n) is 4.44. The summed E-state index contributed by atoms with van der Waals surface area (Å²) in [5.74, 6) is -0.623. The van der Waals surface area contributed by atoms with Crippen LogP contribution in [0.2, 0.25) is 5.02 Å². The van der Waals surface area contributed by atoms with Crippen LogP contribution in [0.5, 0.6) is 5.75 Å². The molecular formula is C17H24ClNO4S. The van der Waals surface area contributed by atoms with E-state index >= 15 is 0 Å². The first kappa shape index (κ1) is 19.1. The number of piperidine rings is 1. The van der Waals surface area contributed by atoms with E-state index in [-0.39, 0.29) is 23.7 Å². The summed E-state index contributed by atoms with van der Waals surface area (Å²) in [6, 6.07) is 4.99. The quantitative estimate of drug-likeness (QED) is 0.795. The van der Waals surface area contributed by atoms with Gasteiger partial charge in [-0.25, -0.2) is 8.42 Å². The smallest absolute Gasteiger partial charge is 0.238 e. The van der Waals surface area contributed by atoms with E-state index in [1.165, 1.54) is 7.11 Å². The number of likely N-dealkylation sites (tertiary alicyclic amines) is 1. The molecule has 1 aromatic carbocycles. The number of benzene rings is 1. The largest absolute Gasteiger partial charge is 0.496 e. The molecule has 0 aromatic heterocycles. The summed E-state index contributed by atoms with van der Waals surface area (Å²) in [6.45, 7) is 3.94. The summed E-state index contributed by atoms with van der Waals surface area (Å²) < 4.78 is 30.2. The van der Waals surface area contributed by atoms with Crippen LogP contribution < -0.4 is 4.74 Å². The van der Waals surface area contributed by atoms with Crippen molar-refractivity contribution < 1.29 is 17.9 Å². The van der Waals surface area contributed by atoms with Crippen molar-refractivity contribution in [1.82, 2.24) is 4.90 Å². The van der Waals surface area contributed by atoms with Crippen molar-refractivity contribution >= 4 is 27.3 Å². The third kappa shape index (κ3) is 4.63. The predicted octanol–water partition coefficient (Wildman–Crippen LogP) is 3.05. The minimum Gasteiger partial charge on any atom is -0.496 e. The molecular weight excluding hydrogens is 350 g/mol. The van der Waals surface area contributed by atoms with Gasteiger partial charge in [0.25, 0.3) is 0 Å². The van der Waals surface area contributed by atoms with E-state index in [1.54, 1.807) is 23.1 Å². The maximum atomic E-state index is 12.5. The van der Waals surface area contributed by atoms with Gasteiger partial charge in [-0.3, -0.25) is 4.79 Å². The first-order valence-corrected chi connectivity index (χ1v) is 10.3. The fourth-order valence-corrected chi connectivity index (χ4v) is 4.84. The number of nitrogens with zero attached hydrogens (tertiary/aromatic N) is 1. The van der Waals surface area contributed by atoms with Crippen LogP contribution in [0.1, 0.15) is 38.7 Å². The molecule has 0 saturated carbocycles. The first-order chi connectivity index (χ1) is 11.2. The molecule has 0 radical (unpaired) electrons. The fourth-order valence-electron chi connectivity index (χ4n) is 3.32. The molecule has 1 amide bonds. The summed E-state index contributed by atoms with van der Waals surface area (Å²) in [6.07, 6.45) is 2.90. The molecule has 1 heterocycles. The van der Waals surface area contributed by atoms with E-state index in [9.17, 15) is 13.2 Å². The van der Waals surface area contributed by atoms with Crippen LogP contribution in [-0.2, 0) is 20.4 Å². The van der Waals surface area contributed by atoms with Crippen LogP contribution in [0.3, 0.4) is 0 Å². The van der Waals surface area contributed by atoms with E-state index in [1.807, 2.05) is 13.8 Å². The van der Waals surface area contributed by atoms with Gasteiger partial charge < -0.3 is 9.64 Å². The second-order valence-corrected chi connectivity index (χ2v) is 8.92. The minimum absolute atomic E-state index is 0.0807. The van der Waals surface area contributed by atoms with Crippen LogP contribution >= 0.6 is 11.6 Å². The Balaban J connectivity index is 2.14. The second-order valence-electron chi connectivity index (χ2n) is 6.42. The number of carbonyl (C=O) groups excluding carboxylic acids is 1. The normalized spacial score (nSPS) is 21.6. The molecule has 1 aliphatic rings. The van der Waals surface area contributed by atoms with E-state index in [4.69, 9.17) is 16.3 Å². The molecule has 2 rings (SSSR count). The Bertz CT molecular complexity index is 695. The number of carbonyl (C=O) groups is 1. The summed E-state index contributed by atoms with van der Waals surface area (Å²) in [5, 5.41) is 0.436. The van der Waals surface area contributed by atoms with Gasteiger partial charge in [0, 0.05) is 22.7 Å². The Morgan fingerprint density at radius 3 is 2.50 bits per heavy atom. The van der Waals surface area contributed by atoms with Crippen LogP contribution in [0.25, 0.3) is 0 Å². The maximum Gasteiger partial charge on any atom is 0.238 e. The standard InChI is InChI=1S/C17H24ClNO4S/c1-12-5-4-6-13(2)19(12)17(20)11-24(21,22)10-14-9-15(18)7-8-16(14)23-3/h7-9,12-13H,4-6,10-11H2,1-3H3/t12-,13+. The van der Waals surface area contributed by atoms with Gasteiger partial charge in [-0.2, -0.15) is 0 Å². The average Bonchev–Trinajstić information content (AvgIpc) is 2.46. The van der Waals surface area contributed by atoms with E-state index in [0.717, 1.165) is 19.3 Å². The molecule has 2 atom stereocenters. The molecule has 0 spiro atoms. The van der Waals surface area contributed by atoms with Gasteiger partial charge in [0.05, 0.1) is 12.9 Å². The molecule has 0 N–H and O–H groups in total. The van der Waals surface area contributed by atoms with Gasteiger partial charge in [-0.1, -0.05) is 11.6 Å². The molecule has 5 nitrogen and oxygen atoms in total. The molecule has 24 heavy (non-hydrogen) atoms. The molecule has 1 aliphatic heterocycles. The molecule has 7 heteroatoms. The number of ether oxygens (including phenoxy) is 1. The lowest BCUT2D eigenvalue weighted by atomic mass is 9.98. The van der Waals surface area contributed by atoms with E-state index in [0.29, 0.717) is 16.3 Å². The fraction of sp³-hybridized carbons (Fsp3) is 0.588. The van der Waals surface area contributed by atoms with Gasteiger partial charge in [0.2, 0.25) is 5.91 Å². The zero-order chi connectivity index (χ0) is 17.9. The number of hydrogen-bond acceptors (Lipinski definition) is 4. The summed E-state index contributed by atoms with van der Waals surface area (Å²) >= 11 is 5.94. The molecule has 134 valence electrons. The maximum absolute atomic E-state index is 12.5. The zero-order valence-corrected chi connectivity index (χ0v) is 15.9. The van der Waals surface area contributed by atoms with Gasteiger partial charge in [-0.15, -0.1) is 0 Å². The van der Waals surface area contributed by atoms with Crippen molar-refractivity contribution in [2.24, 2.45) is 0 Å². The lowest BCUT2D eigenvalue weighted by molar-refractivity contribution is -0.134. The van der Waals surface area contributed by atoms with Gasteiger partial charge in [0.1, 0.15) is 11.5 Å². The van der Waals surface area contributed by atoms with Crippen molar-refractivity contribution in [1.29, 1.82) is 0 Å². The van der Waals surface area contributed by atoms with Crippen molar-refractivity contribution in [2.45, 2.75) is 50.9 Å². The Morgan fingerprint density at radius 2 is 1.92 bits per heavy atom. The highest BCUT2D eigenvalue weighted by molar-refractivity contribution is 7.91. The van der Waals surface area contributed by atoms with Gasteiger partial charge in [0.15, 0.2) is 9.84 Å². The molecule has 0 bridgehead atoms. The van der Waals surface area contributed by atoms with Crippen LogP contribution in [0.4, 0.5) is 0 Å². The van der Waals surface area contributed by atoms with E-state index in [2.05, 4.69) is 0 Å². The number of methoxy groups -OCH3 is 1. The predicted molar refractivity (Wildman–Crippen MR) is 95.1 cm³/mol. The van der Waals surface area contributed by atoms with Crippen molar-refractivity contribution in [2.75, 3.05) is 12.9 Å². The lowest BCUT2D eigenvalue weighted by Gasteiger charge is -2.39. The van der Waals surface area contributed by atoms with Gasteiger partial charge >= 0.3 is 0 Å². The Kier molecular flexibility index (Phi) is 6.15. The second kappa shape index (κ2) is 7.74. The van der Waals surface area contributed by atoms with Crippen molar-refractivity contribution in [3.05, 3.63) is 28.8 Å². The number of amides is 1. The van der Waals surface area contributed by atoms with Crippen LogP contribution in [0.15, 0.2) is 18.2 Å². The summed E-state index contributed by atoms with van der Waals surface area (Å²) in [5.41, 5.74) is 0.470. The molecule has 1 fully saturated rings. The Labute approximate surface area is 148 Å². The number of rotatable bonds is 5. The lowest BCUT2D eigenvalue weighted by Crippen LogP contribution is -2.49. The Morgan fingerprint density at radius 1 is 1.29 bits per heavy atom. The first-order valence-electron chi connectivity index (χ1n) is 8.07. The minimum atomic E-state index is -3.61. The highest BCUT2D eigenvalue weighted by atomic mass is 35.5. The van der Waals surface area contributed by atoms with Crippen LogP contribution in [0, 0.1) is 0 Å². The monoisotopic (exact) mass is 373 g/mol. The zero-order valence-electron chi connectivity index (χ0n) is 14.3. The molecule has 0 unspecified atom stereocenters. The number of halogens is 1. The topological polar surface area (TPSA) is 63.7 Å². The highest BCUT2D eigenvalue weighted by Gasteiger charge is 2.31. The molecule has 1 aromatic rings. The summed E-state index contributed by atoms with van der Waals surface area (Å²) in [7, 11) is -2.14. The molecule has 0 aliphatic carbocycles. The SMILES string of the molecule is COc1ccc(Cl)cc1CS(=O)(=O)CC(=O)N1[C@H](C)CCC[C@@H]1C.